The average molecular weight is 303 g/mol. The summed E-state index contributed by atoms with van der Waals surface area (Å²) in [6.07, 6.45) is -1.52. The molecule has 116 valence electrons. The molecular weight excluding hydrogens is 288 g/mol. The first-order valence-corrected chi connectivity index (χ1v) is 6.00. The number of amides is 2. The highest BCUT2D eigenvalue weighted by atomic mass is 19.3. The minimum Gasteiger partial charge on any atom is -0.481 e. The number of ether oxygens (including phenoxy) is 1. The van der Waals surface area contributed by atoms with Crippen molar-refractivity contribution in [1.82, 2.24) is 9.88 Å². The van der Waals surface area contributed by atoms with Gasteiger partial charge in [-0.05, 0) is 12.1 Å². The number of carboxylic acid groups (broad SMARTS) is 1. The second-order valence-corrected chi connectivity index (χ2v) is 4.05. The second-order valence-electron chi connectivity index (χ2n) is 4.05. The molecule has 1 heterocycles. The minimum atomic E-state index is -2.66. The fraction of sp³-hybridized carbons (Fsp3) is 0.417. The number of carbonyl (C=O) groups excluding carboxylic acids is 1. The molecule has 0 unspecified atom stereocenters. The van der Waals surface area contributed by atoms with Gasteiger partial charge in [0.2, 0.25) is 5.88 Å². The molecule has 2 amide bonds. The van der Waals surface area contributed by atoms with Crippen LogP contribution in [0.2, 0.25) is 0 Å². The van der Waals surface area contributed by atoms with Crippen LogP contribution < -0.4 is 10.1 Å². The van der Waals surface area contributed by atoms with Gasteiger partial charge in [0, 0.05) is 19.8 Å². The summed E-state index contributed by atoms with van der Waals surface area (Å²) in [6, 6.07) is 2.35. The van der Waals surface area contributed by atoms with Crippen LogP contribution in [0.25, 0.3) is 0 Å². The summed E-state index contributed by atoms with van der Waals surface area (Å²) >= 11 is 0. The van der Waals surface area contributed by atoms with E-state index in [1.165, 1.54) is 25.4 Å². The molecular formula is C12H15F2N3O4. The lowest BCUT2D eigenvalue weighted by atomic mass is 10.4. The molecule has 0 aliphatic carbocycles. The van der Waals surface area contributed by atoms with Crippen molar-refractivity contribution in [2.24, 2.45) is 0 Å². The van der Waals surface area contributed by atoms with Crippen molar-refractivity contribution in [3.8, 4) is 5.88 Å². The SMILES string of the molecule is CN(CCC(=O)O)C(=O)Nc1cccnc1OCC(F)F. The molecule has 1 aromatic rings. The summed E-state index contributed by atoms with van der Waals surface area (Å²) in [4.78, 5) is 27.1. The van der Waals surface area contributed by atoms with E-state index in [2.05, 4.69) is 10.3 Å². The maximum atomic E-state index is 12.1. The van der Waals surface area contributed by atoms with Gasteiger partial charge in [-0.2, -0.15) is 0 Å². The third kappa shape index (κ3) is 6.02. The zero-order valence-electron chi connectivity index (χ0n) is 11.3. The van der Waals surface area contributed by atoms with Crippen molar-refractivity contribution in [2.45, 2.75) is 12.8 Å². The van der Waals surface area contributed by atoms with E-state index in [9.17, 15) is 18.4 Å². The molecule has 0 bridgehead atoms. The number of alkyl halides is 2. The summed E-state index contributed by atoms with van der Waals surface area (Å²) in [5.74, 6) is -1.16. The standard InChI is InChI=1S/C12H15F2N3O4/c1-17(6-4-10(18)19)12(20)16-8-3-2-5-15-11(8)21-7-9(13)14/h2-3,5,9H,4,6-7H2,1H3,(H,16,20)(H,18,19). The number of urea groups is 1. The number of carboxylic acids is 1. The lowest BCUT2D eigenvalue weighted by molar-refractivity contribution is -0.137. The van der Waals surface area contributed by atoms with Gasteiger partial charge in [-0.25, -0.2) is 18.6 Å². The monoisotopic (exact) mass is 303 g/mol. The van der Waals surface area contributed by atoms with Crippen LogP contribution in [0, 0.1) is 0 Å². The quantitative estimate of drug-likeness (QED) is 0.799. The third-order valence-electron chi connectivity index (χ3n) is 2.37. The van der Waals surface area contributed by atoms with Crippen molar-refractivity contribution >= 4 is 17.7 Å². The number of nitrogens with zero attached hydrogens (tertiary/aromatic N) is 2. The first kappa shape index (κ1) is 16.6. The number of pyridine rings is 1. The van der Waals surface area contributed by atoms with Crippen molar-refractivity contribution in [3.63, 3.8) is 0 Å². The highest BCUT2D eigenvalue weighted by molar-refractivity contribution is 5.90. The van der Waals surface area contributed by atoms with E-state index < -0.39 is 25.0 Å². The first-order chi connectivity index (χ1) is 9.90. The van der Waals surface area contributed by atoms with E-state index in [1.807, 2.05) is 0 Å². The largest absolute Gasteiger partial charge is 0.481 e. The molecule has 0 radical (unpaired) electrons. The second kappa shape index (κ2) is 7.98. The summed E-state index contributed by atoms with van der Waals surface area (Å²) < 4.78 is 29.0. The number of halogens is 2. The first-order valence-electron chi connectivity index (χ1n) is 6.00. The normalized spacial score (nSPS) is 10.3. The van der Waals surface area contributed by atoms with Crippen LogP contribution in [-0.2, 0) is 4.79 Å². The number of aromatic nitrogens is 1. The van der Waals surface area contributed by atoms with E-state index in [1.54, 1.807) is 0 Å². The molecule has 2 N–H and O–H groups in total. The van der Waals surface area contributed by atoms with E-state index in [-0.39, 0.29) is 24.5 Å². The number of nitrogens with one attached hydrogen (secondary N) is 1. The Hall–Kier alpha value is -2.45. The Morgan fingerprint density at radius 1 is 1.52 bits per heavy atom. The predicted molar refractivity (Wildman–Crippen MR) is 69.6 cm³/mol. The number of hydrogen-bond donors (Lipinski definition) is 2. The Balaban J connectivity index is 2.64. The van der Waals surface area contributed by atoms with Gasteiger partial charge in [0.1, 0.15) is 5.69 Å². The van der Waals surface area contributed by atoms with Crippen LogP contribution in [0.4, 0.5) is 19.3 Å². The van der Waals surface area contributed by atoms with Gasteiger partial charge < -0.3 is 20.1 Å². The number of hydrogen-bond acceptors (Lipinski definition) is 4. The molecule has 0 fully saturated rings. The van der Waals surface area contributed by atoms with Crippen LogP contribution >= 0.6 is 0 Å². The summed E-state index contributed by atoms with van der Waals surface area (Å²) in [7, 11) is 1.41. The van der Waals surface area contributed by atoms with Gasteiger partial charge in [-0.1, -0.05) is 0 Å². The van der Waals surface area contributed by atoms with E-state index in [4.69, 9.17) is 9.84 Å². The number of rotatable bonds is 7. The Bertz CT molecular complexity index is 499. The van der Waals surface area contributed by atoms with Gasteiger partial charge in [0.15, 0.2) is 6.61 Å². The number of anilines is 1. The van der Waals surface area contributed by atoms with Gasteiger partial charge in [0.25, 0.3) is 6.43 Å². The number of aliphatic carboxylic acids is 1. The Morgan fingerprint density at radius 2 is 2.24 bits per heavy atom. The van der Waals surface area contributed by atoms with E-state index in [0.29, 0.717) is 0 Å². The van der Waals surface area contributed by atoms with Crippen molar-refractivity contribution < 1.29 is 28.2 Å². The lowest BCUT2D eigenvalue weighted by Crippen LogP contribution is -2.33. The van der Waals surface area contributed by atoms with E-state index in [0.717, 1.165) is 4.90 Å². The third-order valence-corrected chi connectivity index (χ3v) is 2.37. The maximum Gasteiger partial charge on any atom is 0.321 e. The van der Waals surface area contributed by atoms with Gasteiger partial charge >= 0.3 is 12.0 Å². The maximum absolute atomic E-state index is 12.1. The van der Waals surface area contributed by atoms with E-state index >= 15 is 0 Å². The lowest BCUT2D eigenvalue weighted by Gasteiger charge is -2.18. The molecule has 0 spiro atoms. The summed E-state index contributed by atoms with van der Waals surface area (Å²) in [5.41, 5.74) is 0.130. The summed E-state index contributed by atoms with van der Waals surface area (Å²) in [6.45, 7) is -0.830. The summed E-state index contributed by atoms with van der Waals surface area (Å²) in [5, 5.41) is 11.0. The van der Waals surface area contributed by atoms with Gasteiger partial charge in [-0.15, -0.1) is 0 Å². The highest BCUT2D eigenvalue weighted by Gasteiger charge is 2.14. The Morgan fingerprint density at radius 3 is 2.86 bits per heavy atom. The Labute approximate surface area is 119 Å². The molecule has 9 heteroatoms. The van der Waals surface area contributed by atoms with Crippen molar-refractivity contribution in [2.75, 3.05) is 25.5 Å². The highest BCUT2D eigenvalue weighted by Crippen LogP contribution is 2.21. The van der Waals surface area contributed by atoms with Crippen LogP contribution in [0.3, 0.4) is 0 Å². The molecule has 0 aliphatic rings. The molecule has 7 nitrogen and oxygen atoms in total. The minimum absolute atomic E-state index is 0.00858. The van der Waals surface area contributed by atoms with Gasteiger partial charge in [-0.3, -0.25) is 4.79 Å². The zero-order chi connectivity index (χ0) is 15.8. The molecule has 0 aromatic carbocycles. The number of carbonyl (C=O) groups is 2. The van der Waals surface area contributed by atoms with Crippen LogP contribution in [0.15, 0.2) is 18.3 Å². The molecule has 0 saturated carbocycles. The smallest absolute Gasteiger partial charge is 0.321 e. The van der Waals surface area contributed by atoms with Crippen molar-refractivity contribution in [3.05, 3.63) is 18.3 Å². The molecule has 0 saturated heterocycles. The zero-order valence-corrected chi connectivity index (χ0v) is 11.3. The van der Waals surface area contributed by atoms with Crippen LogP contribution in [0.1, 0.15) is 6.42 Å². The molecule has 0 aliphatic heterocycles. The van der Waals surface area contributed by atoms with Crippen molar-refractivity contribution in [1.29, 1.82) is 0 Å². The topological polar surface area (TPSA) is 91.8 Å². The van der Waals surface area contributed by atoms with Crippen LogP contribution in [-0.4, -0.2) is 53.6 Å². The molecule has 1 rings (SSSR count). The molecule has 21 heavy (non-hydrogen) atoms. The fourth-order valence-corrected chi connectivity index (χ4v) is 1.32. The molecule has 0 atom stereocenters. The fourth-order valence-electron chi connectivity index (χ4n) is 1.32. The average Bonchev–Trinajstić information content (AvgIpc) is 2.43. The Kier molecular flexibility index (Phi) is 6.31. The predicted octanol–water partition coefficient (Wildman–Crippen LogP) is 1.66. The van der Waals surface area contributed by atoms with Crippen LogP contribution in [0.5, 0.6) is 5.88 Å². The van der Waals surface area contributed by atoms with Gasteiger partial charge in [0.05, 0.1) is 6.42 Å². The molecule has 1 aromatic heterocycles.